The van der Waals surface area contributed by atoms with Crippen molar-refractivity contribution < 1.29 is 4.74 Å². The summed E-state index contributed by atoms with van der Waals surface area (Å²) < 4.78 is 7.54. The van der Waals surface area contributed by atoms with Gasteiger partial charge in [-0.15, -0.1) is 5.10 Å². The largest absolute Gasteiger partial charge is 0.379 e. The lowest BCUT2D eigenvalue weighted by Gasteiger charge is -2.09. The lowest BCUT2D eigenvalue weighted by atomic mass is 10.1. The van der Waals surface area contributed by atoms with E-state index < -0.39 is 0 Å². The van der Waals surface area contributed by atoms with Gasteiger partial charge >= 0.3 is 0 Å². The van der Waals surface area contributed by atoms with Gasteiger partial charge in [0.25, 0.3) is 0 Å². The Labute approximate surface area is 103 Å². The zero-order valence-corrected chi connectivity index (χ0v) is 10.6. The molecule has 0 amide bonds. The van der Waals surface area contributed by atoms with E-state index in [-0.39, 0.29) is 0 Å². The van der Waals surface area contributed by atoms with E-state index in [1.54, 1.807) is 0 Å². The summed E-state index contributed by atoms with van der Waals surface area (Å²) in [6.07, 6.45) is 7.41. The van der Waals surface area contributed by atoms with Crippen LogP contribution >= 0.6 is 0 Å². The van der Waals surface area contributed by atoms with Crippen LogP contribution in [-0.4, -0.2) is 35.3 Å². The average molecular weight is 238 g/mol. The second kappa shape index (κ2) is 6.71. The van der Waals surface area contributed by atoms with Gasteiger partial charge in [-0.2, -0.15) is 0 Å². The smallest absolute Gasteiger partial charge is 0.0964 e. The highest BCUT2D eigenvalue weighted by atomic mass is 16.5. The Balaban J connectivity index is 1.60. The van der Waals surface area contributed by atoms with Gasteiger partial charge in [-0.3, -0.25) is 0 Å². The molecule has 0 atom stereocenters. The number of rotatable bonds is 7. The Morgan fingerprint density at radius 1 is 1.47 bits per heavy atom. The molecule has 1 aromatic rings. The summed E-state index contributed by atoms with van der Waals surface area (Å²) in [6, 6.07) is 0. The van der Waals surface area contributed by atoms with Crippen molar-refractivity contribution in [3.63, 3.8) is 0 Å². The van der Waals surface area contributed by atoms with Gasteiger partial charge < -0.3 is 10.1 Å². The first-order chi connectivity index (χ1) is 8.38. The Morgan fingerprint density at radius 3 is 3.06 bits per heavy atom. The number of nitrogens with one attached hydrogen (secondary N) is 1. The van der Waals surface area contributed by atoms with Crippen LogP contribution in [0.3, 0.4) is 0 Å². The van der Waals surface area contributed by atoms with Gasteiger partial charge in [-0.25, -0.2) is 4.68 Å². The van der Waals surface area contributed by atoms with Crippen LogP contribution in [0.1, 0.15) is 31.4 Å². The van der Waals surface area contributed by atoms with Crippen molar-refractivity contribution in [3.8, 4) is 0 Å². The van der Waals surface area contributed by atoms with Crippen molar-refractivity contribution in [1.82, 2.24) is 20.3 Å². The summed E-state index contributed by atoms with van der Waals surface area (Å²) in [7, 11) is 1.91. The Bertz CT molecular complexity index is 320. The van der Waals surface area contributed by atoms with Crippen LogP contribution in [-0.2, 0) is 17.8 Å². The molecule has 1 aromatic heterocycles. The molecule has 1 aliphatic carbocycles. The van der Waals surface area contributed by atoms with Crippen LogP contribution in [0.15, 0.2) is 6.20 Å². The summed E-state index contributed by atoms with van der Waals surface area (Å²) in [5.74, 6) is 0.797. The molecule has 1 aliphatic rings. The fourth-order valence-corrected chi connectivity index (χ4v) is 2.30. The second-order valence-electron chi connectivity index (χ2n) is 4.73. The van der Waals surface area contributed by atoms with Gasteiger partial charge in [-0.05, 0) is 25.8 Å². The summed E-state index contributed by atoms with van der Waals surface area (Å²) >= 11 is 0. The molecule has 96 valence electrons. The fourth-order valence-electron chi connectivity index (χ4n) is 2.30. The number of ether oxygens (including phenoxy) is 1. The molecule has 1 heterocycles. The molecule has 0 aliphatic heterocycles. The van der Waals surface area contributed by atoms with E-state index in [2.05, 4.69) is 15.6 Å². The SMILES string of the molecule is CNCc1cn(CCOCC2CCCC2)nn1. The third kappa shape index (κ3) is 4.09. The number of nitrogens with zero attached hydrogens (tertiary/aromatic N) is 3. The third-order valence-corrected chi connectivity index (χ3v) is 3.24. The van der Waals surface area contributed by atoms with Gasteiger partial charge in [0, 0.05) is 19.3 Å². The first-order valence-electron chi connectivity index (χ1n) is 6.50. The summed E-state index contributed by atoms with van der Waals surface area (Å²) in [5.41, 5.74) is 0.975. The van der Waals surface area contributed by atoms with Gasteiger partial charge in [0.2, 0.25) is 0 Å². The van der Waals surface area contributed by atoms with Gasteiger partial charge in [0.15, 0.2) is 0 Å². The quantitative estimate of drug-likeness (QED) is 0.725. The summed E-state index contributed by atoms with van der Waals surface area (Å²) in [4.78, 5) is 0. The van der Waals surface area contributed by atoms with E-state index in [9.17, 15) is 0 Å². The lowest BCUT2D eigenvalue weighted by Crippen LogP contribution is -2.11. The number of hydrogen-bond donors (Lipinski definition) is 1. The van der Waals surface area contributed by atoms with E-state index in [0.717, 1.165) is 37.9 Å². The molecule has 0 unspecified atom stereocenters. The molecule has 5 heteroatoms. The number of aromatic nitrogens is 3. The zero-order chi connectivity index (χ0) is 11.9. The maximum absolute atomic E-state index is 5.69. The first-order valence-corrected chi connectivity index (χ1v) is 6.50. The average Bonchev–Trinajstić information content (AvgIpc) is 2.96. The highest BCUT2D eigenvalue weighted by Gasteiger charge is 2.14. The predicted molar refractivity (Wildman–Crippen MR) is 65.6 cm³/mol. The fraction of sp³-hybridized carbons (Fsp3) is 0.833. The third-order valence-electron chi connectivity index (χ3n) is 3.24. The van der Waals surface area contributed by atoms with Crippen molar-refractivity contribution >= 4 is 0 Å². The van der Waals surface area contributed by atoms with Crippen molar-refractivity contribution in [2.45, 2.75) is 38.8 Å². The van der Waals surface area contributed by atoms with E-state index in [1.165, 1.54) is 25.7 Å². The standard InChI is InChI=1S/C12H22N4O/c1-13-8-12-9-16(15-14-12)6-7-17-10-11-4-2-3-5-11/h9,11,13H,2-8,10H2,1H3. The van der Waals surface area contributed by atoms with E-state index in [1.807, 2.05) is 17.9 Å². The van der Waals surface area contributed by atoms with Crippen molar-refractivity contribution in [2.75, 3.05) is 20.3 Å². The lowest BCUT2D eigenvalue weighted by molar-refractivity contribution is 0.0926. The molecule has 0 radical (unpaired) electrons. The molecule has 1 N–H and O–H groups in total. The van der Waals surface area contributed by atoms with Gasteiger partial charge in [-0.1, -0.05) is 18.1 Å². The molecule has 17 heavy (non-hydrogen) atoms. The predicted octanol–water partition coefficient (Wildman–Crippen LogP) is 1.20. The van der Waals surface area contributed by atoms with Crippen molar-refractivity contribution in [2.24, 2.45) is 5.92 Å². The second-order valence-corrected chi connectivity index (χ2v) is 4.73. The zero-order valence-electron chi connectivity index (χ0n) is 10.6. The highest BCUT2D eigenvalue weighted by Crippen LogP contribution is 2.24. The molecule has 2 rings (SSSR count). The van der Waals surface area contributed by atoms with Crippen LogP contribution in [0, 0.1) is 5.92 Å². The van der Waals surface area contributed by atoms with Gasteiger partial charge in [0.05, 0.1) is 18.8 Å². The van der Waals surface area contributed by atoms with E-state index >= 15 is 0 Å². The molecule has 1 fully saturated rings. The normalized spacial score (nSPS) is 16.8. The molecule has 1 saturated carbocycles. The monoisotopic (exact) mass is 238 g/mol. The van der Waals surface area contributed by atoms with E-state index in [4.69, 9.17) is 4.74 Å². The topological polar surface area (TPSA) is 52.0 Å². The van der Waals surface area contributed by atoms with Crippen molar-refractivity contribution in [3.05, 3.63) is 11.9 Å². The van der Waals surface area contributed by atoms with Gasteiger partial charge in [0.1, 0.15) is 0 Å². The minimum Gasteiger partial charge on any atom is -0.379 e. The summed E-state index contributed by atoms with van der Waals surface area (Å²) in [6.45, 7) is 3.21. The molecule has 0 aromatic carbocycles. The minimum atomic E-state index is 0.735. The van der Waals surface area contributed by atoms with Crippen LogP contribution in [0.4, 0.5) is 0 Å². The maximum Gasteiger partial charge on any atom is 0.0964 e. The van der Waals surface area contributed by atoms with Crippen LogP contribution in [0.2, 0.25) is 0 Å². The minimum absolute atomic E-state index is 0.735. The Hall–Kier alpha value is -0.940. The number of hydrogen-bond acceptors (Lipinski definition) is 4. The molecule has 0 saturated heterocycles. The Morgan fingerprint density at radius 2 is 2.29 bits per heavy atom. The maximum atomic E-state index is 5.69. The van der Waals surface area contributed by atoms with E-state index in [0.29, 0.717) is 0 Å². The Kier molecular flexibility index (Phi) is 4.94. The first kappa shape index (κ1) is 12.5. The molecule has 0 spiro atoms. The van der Waals surface area contributed by atoms with Crippen LogP contribution in [0.5, 0.6) is 0 Å². The van der Waals surface area contributed by atoms with Crippen LogP contribution in [0.25, 0.3) is 0 Å². The molecular weight excluding hydrogens is 216 g/mol. The molecule has 5 nitrogen and oxygen atoms in total. The molecular formula is C12H22N4O. The van der Waals surface area contributed by atoms with Crippen LogP contribution < -0.4 is 5.32 Å². The van der Waals surface area contributed by atoms with Crippen molar-refractivity contribution in [1.29, 1.82) is 0 Å². The summed E-state index contributed by atoms with van der Waals surface area (Å²) in [5, 5.41) is 11.2. The molecule has 0 bridgehead atoms. The highest BCUT2D eigenvalue weighted by molar-refractivity contribution is 4.90.